The lowest BCUT2D eigenvalue weighted by molar-refractivity contribution is 0.732. The quantitative estimate of drug-likeness (QED) is 0.711. The fraction of sp³-hybridized carbons (Fsp3) is 0.750. The van der Waals surface area contributed by atoms with Gasteiger partial charge in [-0.3, -0.25) is 0 Å². The minimum Gasteiger partial charge on any atom is -0.219 e. The van der Waals surface area contributed by atoms with Crippen molar-refractivity contribution in [2.45, 2.75) is 61.3 Å². The predicted molar refractivity (Wildman–Crippen MR) is 66.1 cm³/mol. The number of rotatable bonds is 1. The Hall–Kier alpha value is -0.990. The van der Waals surface area contributed by atoms with E-state index in [0.717, 1.165) is 17.5 Å². The molecule has 1 aromatic heterocycles. The van der Waals surface area contributed by atoms with Crippen LogP contribution in [0, 0.1) is 13.8 Å². The van der Waals surface area contributed by atoms with Crippen LogP contribution in [0.3, 0.4) is 0 Å². The summed E-state index contributed by atoms with van der Waals surface area (Å²) in [7, 11) is 0. The molecule has 0 N–H and O–H groups in total. The summed E-state index contributed by atoms with van der Waals surface area (Å²) in [5, 5.41) is 0. The van der Waals surface area contributed by atoms with Gasteiger partial charge in [0.2, 0.25) is 0 Å². The second-order valence-electron chi connectivity index (χ2n) is 2.94. The van der Waals surface area contributed by atoms with E-state index in [4.69, 9.17) is 0 Å². The maximum absolute atomic E-state index is 4.21. The van der Waals surface area contributed by atoms with Crippen molar-refractivity contribution >= 4 is 0 Å². The molecule has 1 aromatic rings. The third-order valence-corrected chi connectivity index (χ3v) is 1.39. The van der Waals surface area contributed by atoms with Gasteiger partial charge in [-0.2, -0.15) is 0 Å². The van der Waals surface area contributed by atoms with Crippen LogP contribution in [0.5, 0.6) is 0 Å². The van der Waals surface area contributed by atoms with Crippen LogP contribution >= 0.6 is 0 Å². The summed E-state index contributed by atoms with van der Waals surface area (Å²) in [6, 6.07) is 0. The zero-order valence-electron chi connectivity index (χ0n) is 11.4. The Kier molecular flexibility index (Phi) is 10.5. The zero-order valence-corrected chi connectivity index (χ0v) is 11.4. The molecule has 3 nitrogen and oxygen atoms in total. The van der Waals surface area contributed by atoms with Gasteiger partial charge in [-0.25, -0.2) is 15.0 Å². The fourth-order valence-electron chi connectivity index (χ4n) is 0.899. The molecule has 1 heterocycles. The summed E-state index contributed by atoms with van der Waals surface area (Å²) in [4.78, 5) is 12.5. The Labute approximate surface area is 94.4 Å². The lowest BCUT2D eigenvalue weighted by Crippen LogP contribution is -2.03. The first-order valence-electron chi connectivity index (χ1n) is 5.79. The van der Waals surface area contributed by atoms with E-state index in [1.807, 2.05) is 41.5 Å². The van der Waals surface area contributed by atoms with Crippen LogP contribution in [0.2, 0.25) is 0 Å². The molecule has 0 atom stereocenters. The maximum Gasteiger partial charge on any atom is 0.135 e. The second-order valence-corrected chi connectivity index (χ2v) is 2.94. The average molecular weight is 211 g/mol. The van der Waals surface area contributed by atoms with Crippen molar-refractivity contribution in [3.63, 3.8) is 0 Å². The Morgan fingerprint density at radius 2 is 1.07 bits per heavy atom. The van der Waals surface area contributed by atoms with Gasteiger partial charge in [0.05, 0.1) is 0 Å². The molecule has 0 radical (unpaired) electrons. The van der Waals surface area contributed by atoms with E-state index < -0.39 is 0 Å². The molecule has 1 rings (SSSR count). The molecule has 15 heavy (non-hydrogen) atoms. The maximum atomic E-state index is 4.21. The highest BCUT2D eigenvalue weighted by molar-refractivity contribution is 4.97. The smallest absolute Gasteiger partial charge is 0.135 e. The summed E-state index contributed by atoms with van der Waals surface area (Å²) in [6.45, 7) is 15.9. The van der Waals surface area contributed by atoms with E-state index in [0.29, 0.717) is 5.92 Å². The summed E-state index contributed by atoms with van der Waals surface area (Å²) < 4.78 is 0. The number of aryl methyl sites for hydroxylation is 2. The highest BCUT2D eigenvalue weighted by Crippen LogP contribution is 2.07. The van der Waals surface area contributed by atoms with Crippen LogP contribution in [0.25, 0.3) is 0 Å². The molecular formula is C12H25N3. The topological polar surface area (TPSA) is 38.7 Å². The first-order valence-corrected chi connectivity index (χ1v) is 5.79. The zero-order chi connectivity index (χ0) is 12.4. The van der Waals surface area contributed by atoms with Crippen LogP contribution in [0.15, 0.2) is 0 Å². The highest BCUT2D eigenvalue weighted by atomic mass is 15.0. The number of hydrogen-bond donors (Lipinski definition) is 0. The van der Waals surface area contributed by atoms with Crippen LogP contribution < -0.4 is 0 Å². The fourth-order valence-corrected chi connectivity index (χ4v) is 0.899. The predicted octanol–water partition coefficient (Wildman–Crippen LogP) is 3.66. The Morgan fingerprint density at radius 1 is 0.733 bits per heavy atom. The van der Waals surface area contributed by atoms with E-state index in [-0.39, 0.29) is 0 Å². The van der Waals surface area contributed by atoms with E-state index >= 15 is 0 Å². The molecule has 0 aliphatic rings. The van der Waals surface area contributed by atoms with Gasteiger partial charge in [0.15, 0.2) is 0 Å². The molecule has 0 fully saturated rings. The van der Waals surface area contributed by atoms with Crippen molar-refractivity contribution in [1.29, 1.82) is 0 Å². The lowest BCUT2D eigenvalue weighted by atomic mass is 10.2. The van der Waals surface area contributed by atoms with Gasteiger partial charge in [0.25, 0.3) is 0 Å². The highest BCUT2D eigenvalue weighted by Gasteiger charge is 2.03. The standard InChI is InChI=1S/C8H13N3.2C2H6/c1-5(2)8-10-6(3)9-7(4)11-8;2*1-2/h5H,1-4H3;2*1-2H3. The summed E-state index contributed by atoms with van der Waals surface area (Å²) in [5.41, 5.74) is 0. The monoisotopic (exact) mass is 211 g/mol. The van der Waals surface area contributed by atoms with Crippen molar-refractivity contribution in [1.82, 2.24) is 15.0 Å². The van der Waals surface area contributed by atoms with Gasteiger partial charge in [0, 0.05) is 5.92 Å². The molecule has 0 aromatic carbocycles. The van der Waals surface area contributed by atoms with E-state index in [1.54, 1.807) is 0 Å². The molecule has 0 bridgehead atoms. The number of aromatic nitrogens is 3. The van der Waals surface area contributed by atoms with E-state index in [1.165, 1.54) is 0 Å². The van der Waals surface area contributed by atoms with E-state index in [2.05, 4.69) is 28.8 Å². The third kappa shape index (κ3) is 7.00. The average Bonchev–Trinajstić information content (AvgIpc) is 2.22. The van der Waals surface area contributed by atoms with Gasteiger partial charge >= 0.3 is 0 Å². The van der Waals surface area contributed by atoms with Crippen molar-refractivity contribution in [3.05, 3.63) is 17.5 Å². The minimum atomic E-state index is 0.385. The number of hydrogen-bond acceptors (Lipinski definition) is 3. The lowest BCUT2D eigenvalue weighted by Gasteiger charge is -2.03. The Bertz CT molecular complexity index is 237. The third-order valence-electron chi connectivity index (χ3n) is 1.39. The van der Waals surface area contributed by atoms with Crippen molar-refractivity contribution in [2.75, 3.05) is 0 Å². The molecule has 88 valence electrons. The Balaban J connectivity index is 0. The van der Waals surface area contributed by atoms with Crippen molar-refractivity contribution < 1.29 is 0 Å². The largest absolute Gasteiger partial charge is 0.219 e. The minimum absolute atomic E-state index is 0.385. The van der Waals surface area contributed by atoms with Crippen LogP contribution in [0.1, 0.15) is 64.9 Å². The number of nitrogens with zero attached hydrogens (tertiary/aromatic N) is 3. The van der Waals surface area contributed by atoms with Crippen LogP contribution in [-0.2, 0) is 0 Å². The Morgan fingerprint density at radius 3 is 1.33 bits per heavy atom. The van der Waals surface area contributed by atoms with Crippen molar-refractivity contribution in [3.8, 4) is 0 Å². The first-order chi connectivity index (χ1) is 7.09. The van der Waals surface area contributed by atoms with E-state index in [9.17, 15) is 0 Å². The van der Waals surface area contributed by atoms with Gasteiger partial charge in [-0.05, 0) is 13.8 Å². The van der Waals surface area contributed by atoms with Crippen molar-refractivity contribution in [2.24, 2.45) is 0 Å². The van der Waals surface area contributed by atoms with Crippen LogP contribution in [-0.4, -0.2) is 15.0 Å². The normalized spacial score (nSPS) is 8.60. The molecule has 0 spiro atoms. The molecular weight excluding hydrogens is 186 g/mol. The molecule has 0 aliphatic heterocycles. The second kappa shape index (κ2) is 9.56. The van der Waals surface area contributed by atoms with Gasteiger partial charge < -0.3 is 0 Å². The van der Waals surface area contributed by atoms with Gasteiger partial charge in [-0.15, -0.1) is 0 Å². The molecule has 0 amide bonds. The summed E-state index contributed by atoms with van der Waals surface area (Å²) in [6.07, 6.45) is 0. The summed E-state index contributed by atoms with van der Waals surface area (Å²) in [5.74, 6) is 2.88. The molecule has 3 heteroatoms. The SMILES string of the molecule is CC.CC.Cc1nc(C)nc(C(C)C)n1. The first kappa shape index (κ1) is 16.4. The molecule has 0 saturated carbocycles. The molecule has 0 unspecified atom stereocenters. The summed E-state index contributed by atoms with van der Waals surface area (Å²) >= 11 is 0. The van der Waals surface area contributed by atoms with Crippen LogP contribution in [0.4, 0.5) is 0 Å². The molecule has 0 aliphatic carbocycles. The van der Waals surface area contributed by atoms with Gasteiger partial charge in [-0.1, -0.05) is 41.5 Å². The van der Waals surface area contributed by atoms with Gasteiger partial charge in [0.1, 0.15) is 17.5 Å². The molecule has 0 saturated heterocycles.